The van der Waals surface area contributed by atoms with Gasteiger partial charge in [0.05, 0.1) is 19.8 Å². The van der Waals surface area contributed by atoms with Gasteiger partial charge in [-0.3, -0.25) is 9.69 Å². The second kappa shape index (κ2) is 7.82. The number of ether oxygens (including phenoxy) is 2. The second-order valence-corrected chi connectivity index (χ2v) is 5.41. The molecular weight excluding hydrogens is 244 g/mol. The molecule has 5 heteroatoms. The number of rotatable bonds is 7. The van der Waals surface area contributed by atoms with Gasteiger partial charge in [0.15, 0.2) is 0 Å². The van der Waals surface area contributed by atoms with E-state index >= 15 is 0 Å². The summed E-state index contributed by atoms with van der Waals surface area (Å²) >= 11 is 0. The van der Waals surface area contributed by atoms with Crippen LogP contribution in [0.4, 0.5) is 0 Å². The van der Waals surface area contributed by atoms with Crippen molar-refractivity contribution >= 4 is 5.97 Å². The molecule has 1 aliphatic heterocycles. The van der Waals surface area contributed by atoms with E-state index in [9.17, 15) is 4.79 Å². The van der Waals surface area contributed by atoms with Crippen LogP contribution in [0.3, 0.4) is 0 Å². The van der Waals surface area contributed by atoms with E-state index in [0.717, 1.165) is 39.1 Å². The molecule has 0 aliphatic carbocycles. The molecule has 0 aromatic rings. The minimum atomic E-state index is -0.871. The maximum Gasteiger partial charge on any atom is 0.325 e. The van der Waals surface area contributed by atoms with Gasteiger partial charge in [-0.15, -0.1) is 0 Å². The molecule has 112 valence electrons. The largest absolute Gasteiger partial charge is 0.465 e. The van der Waals surface area contributed by atoms with Crippen LogP contribution in [0.25, 0.3) is 0 Å². The van der Waals surface area contributed by atoms with Gasteiger partial charge in [-0.2, -0.15) is 0 Å². The monoisotopic (exact) mass is 272 g/mol. The van der Waals surface area contributed by atoms with E-state index in [1.807, 2.05) is 0 Å². The van der Waals surface area contributed by atoms with Gasteiger partial charge in [0, 0.05) is 12.6 Å². The molecule has 1 saturated heterocycles. The SMILES string of the molecule is CCOC(=O)C(C)(N)CCCN1CCOCC1CC. The van der Waals surface area contributed by atoms with Crippen molar-refractivity contribution in [3.8, 4) is 0 Å². The fraction of sp³-hybridized carbons (Fsp3) is 0.929. The molecular formula is C14H28N2O3. The lowest BCUT2D eigenvalue weighted by molar-refractivity contribution is -0.149. The predicted molar refractivity (Wildman–Crippen MR) is 74.9 cm³/mol. The van der Waals surface area contributed by atoms with Crippen molar-refractivity contribution in [1.82, 2.24) is 4.90 Å². The van der Waals surface area contributed by atoms with E-state index in [2.05, 4.69) is 11.8 Å². The number of carbonyl (C=O) groups is 1. The molecule has 0 radical (unpaired) electrons. The smallest absolute Gasteiger partial charge is 0.325 e. The average Bonchev–Trinajstić information content (AvgIpc) is 2.39. The number of carbonyl (C=O) groups excluding carboxylic acids is 1. The van der Waals surface area contributed by atoms with Gasteiger partial charge in [-0.05, 0) is 39.7 Å². The Kier molecular flexibility index (Phi) is 6.75. The summed E-state index contributed by atoms with van der Waals surface area (Å²) in [5, 5.41) is 0. The summed E-state index contributed by atoms with van der Waals surface area (Å²) in [6, 6.07) is 0.500. The molecule has 2 N–H and O–H groups in total. The highest BCUT2D eigenvalue weighted by Crippen LogP contribution is 2.15. The van der Waals surface area contributed by atoms with E-state index in [-0.39, 0.29) is 5.97 Å². The van der Waals surface area contributed by atoms with Crippen molar-refractivity contribution < 1.29 is 14.3 Å². The van der Waals surface area contributed by atoms with Gasteiger partial charge in [-0.25, -0.2) is 0 Å². The standard InChI is InChI=1S/C14H28N2O3/c1-4-12-11-18-10-9-16(12)8-6-7-14(3,15)13(17)19-5-2/h12H,4-11,15H2,1-3H3. The fourth-order valence-electron chi connectivity index (χ4n) is 2.41. The van der Waals surface area contributed by atoms with E-state index in [4.69, 9.17) is 15.2 Å². The third-order valence-corrected chi connectivity index (χ3v) is 3.70. The number of morpholine rings is 1. The average molecular weight is 272 g/mol. The molecule has 0 saturated carbocycles. The highest BCUT2D eigenvalue weighted by molar-refractivity contribution is 5.79. The number of esters is 1. The van der Waals surface area contributed by atoms with Crippen LogP contribution < -0.4 is 5.73 Å². The Morgan fingerprint density at radius 1 is 1.53 bits per heavy atom. The first-order valence-electron chi connectivity index (χ1n) is 7.29. The maximum atomic E-state index is 11.7. The zero-order valence-electron chi connectivity index (χ0n) is 12.5. The lowest BCUT2D eigenvalue weighted by Gasteiger charge is -2.35. The third-order valence-electron chi connectivity index (χ3n) is 3.70. The molecule has 0 spiro atoms. The molecule has 1 fully saturated rings. The van der Waals surface area contributed by atoms with Crippen LogP contribution in [0.1, 0.15) is 40.0 Å². The van der Waals surface area contributed by atoms with Crippen molar-refractivity contribution in [3.63, 3.8) is 0 Å². The summed E-state index contributed by atoms with van der Waals surface area (Å²) in [6.45, 7) is 9.66. The molecule has 0 bridgehead atoms. The van der Waals surface area contributed by atoms with Crippen LogP contribution in [-0.2, 0) is 14.3 Å². The molecule has 0 amide bonds. The molecule has 1 heterocycles. The molecule has 2 atom stereocenters. The number of hydrogen-bond acceptors (Lipinski definition) is 5. The molecule has 1 rings (SSSR count). The quantitative estimate of drug-likeness (QED) is 0.705. The highest BCUT2D eigenvalue weighted by atomic mass is 16.5. The summed E-state index contributed by atoms with van der Waals surface area (Å²) in [4.78, 5) is 14.1. The lowest BCUT2D eigenvalue weighted by Crippen LogP contribution is -2.48. The summed E-state index contributed by atoms with van der Waals surface area (Å²) in [5.41, 5.74) is 5.14. The van der Waals surface area contributed by atoms with Crippen LogP contribution in [0, 0.1) is 0 Å². The first kappa shape index (κ1) is 16.4. The van der Waals surface area contributed by atoms with E-state index < -0.39 is 5.54 Å². The first-order valence-corrected chi connectivity index (χ1v) is 7.29. The molecule has 1 aliphatic rings. The number of hydrogen-bond donors (Lipinski definition) is 1. The minimum Gasteiger partial charge on any atom is -0.465 e. The summed E-state index contributed by atoms with van der Waals surface area (Å²) in [6.07, 6.45) is 2.65. The first-order chi connectivity index (χ1) is 9.01. The topological polar surface area (TPSA) is 64.8 Å². The Morgan fingerprint density at radius 3 is 2.89 bits per heavy atom. The highest BCUT2D eigenvalue weighted by Gasteiger charge is 2.30. The predicted octanol–water partition coefficient (Wildman–Crippen LogP) is 1.16. The molecule has 2 unspecified atom stereocenters. The van der Waals surface area contributed by atoms with Gasteiger partial charge < -0.3 is 15.2 Å². The zero-order chi connectivity index (χ0) is 14.3. The Balaban J connectivity index is 2.33. The van der Waals surface area contributed by atoms with Gasteiger partial charge in [-0.1, -0.05) is 6.92 Å². The van der Waals surface area contributed by atoms with Crippen molar-refractivity contribution in [2.45, 2.75) is 51.6 Å². The molecule has 0 aromatic carbocycles. The Morgan fingerprint density at radius 2 is 2.26 bits per heavy atom. The van der Waals surface area contributed by atoms with E-state index in [1.54, 1.807) is 13.8 Å². The summed E-state index contributed by atoms with van der Waals surface area (Å²) in [7, 11) is 0. The fourth-order valence-corrected chi connectivity index (χ4v) is 2.41. The van der Waals surface area contributed by atoms with Crippen LogP contribution >= 0.6 is 0 Å². The van der Waals surface area contributed by atoms with Crippen molar-refractivity contribution in [2.75, 3.05) is 32.9 Å². The van der Waals surface area contributed by atoms with E-state index in [1.165, 1.54) is 0 Å². The molecule has 0 aromatic heterocycles. The maximum absolute atomic E-state index is 11.7. The number of nitrogens with zero attached hydrogens (tertiary/aromatic N) is 1. The molecule has 5 nitrogen and oxygen atoms in total. The minimum absolute atomic E-state index is 0.302. The Hall–Kier alpha value is -0.650. The Labute approximate surface area is 116 Å². The van der Waals surface area contributed by atoms with Crippen LogP contribution in [0.5, 0.6) is 0 Å². The van der Waals surface area contributed by atoms with Crippen molar-refractivity contribution in [3.05, 3.63) is 0 Å². The van der Waals surface area contributed by atoms with Crippen LogP contribution in [-0.4, -0.2) is 55.4 Å². The Bertz CT molecular complexity index is 282. The van der Waals surface area contributed by atoms with Gasteiger partial charge in [0.2, 0.25) is 0 Å². The van der Waals surface area contributed by atoms with Crippen molar-refractivity contribution in [1.29, 1.82) is 0 Å². The third kappa shape index (κ3) is 5.09. The van der Waals surface area contributed by atoms with Gasteiger partial charge >= 0.3 is 5.97 Å². The van der Waals surface area contributed by atoms with Crippen LogP contribution in [0.15, 0.2) is 0 Å². The van der Waals surface area contributed by atoms with Crippen molar-refractivity contribution in [2.24, 2.45) is 5.73 Å². The zero-order valence-corrected chi connectivity index (χ0v) is 12.5. The second-order valence-electron chi connectivity index (χ2n) is 5.41. The van der Waals surface area contributed by atoms with Gasteiger partial charge in [0.25, 0.3) is 0 Å². The molecule has 19 heavy (non-hydrogen) atoms. The van der Waals surface area contributed by atoms with E-state index in [0.29, 0.717) is 19.1 Å². The number of nitrogens with two attached hydrogens (primary N) is 1. The van der Waals surface area contributed by atoms with Crippen LogP contribution in [0.2, 0.25) is 0 Å². The summed E-state index contributed by atoms with van der Waals surface area (Å²) in [5.74, 6) is -0.302. The lowest BCUT2D eigenvalue weighted by atomic mass is 9.97. The summed E-state index contributed by atoms with van der Waals surface area (Å²) < 4.78 is 10.5. The van der Waals surface area contributed by atoms with Gasteiger partial charge in [0.1, 0.15) is 5.54 Å². The normalized spacial score (nSPS) is 23.9.